The number of rotatable bonds is 2. The van der Waals surface area contributed by atoms with Crippen LogP contribution in [0.5, 0.6) is 0 Å². The van der Waals surface area contributed by atoms with E-state index in [-0.39, 0.29) is 0 Å². The van der Waals surface area contributed by atoms with Gasteiger partial charge >= 0.3 is 0 Å². The number of anilines is 1. The minimum atomic E-state index is 0.509. The smallest absolute Gasteiger partial charge is 0.205 e. The standard InChI is InChI=1S/C12H21N3S/c1-8-7-12(3,4)6-5-10(8)13-11-15-14-9(2)16-11/h8,10H,5-7H2,1-4H3,(H,13,15). The SMILES string of the molecule is Cc1nnc(NC2CCC(C)(C)CC2C)s1. The molecule has 2 unspecified atom stereocenters. The van der Waals surface area contributed by atoms with Gasteiger partial charge in [0.05, 0.1) is 0 Å². The van der Waals surface area contributed by atoms with Crippen molar-refractivity contribution in [3.05, 3.63) is 5.01 Å². The molecule has 90 valence electrons. The van der Waals surface area contributed by atoms with E-state index in [4.69, 9.17) is 0 Å². The van der Waals surface area contributed by atoms with Gasteiger partial charge in [0.2, 0.25) is 5.13 Å². The summed E-state index contributed by atoms with van der Waals surface area (Å²) < 4.78 is 0. The van der Waals surface area contributed by atoms with Crippen LogP contribution < -0.4 is 5.32 Å². The van der Waals surface area contributed by atoms with Gasteiger partial charge in [-0.15, -0.1) is 10.2 Å². The number of aromatic nitrogens is 2. The van der Waals surface area contributed by atoms with Crippen molar-refractivity contribution in [3.63, 3.8) is 0 Å². The Morgan fingerprint density at radius 2 is 2.12 bits per heavy atom. The number of nitrogens with one attached hydrogen (secondary N) is 1. The molecule has 0 radical (unpaired) electrons. The van der Waals surface area contributed by atoms with E-state index in [2.05, 4.69) is 36.3 Å². The molecule has 1 aliphatic carbocycles. The Morgan fingerprint density at radius 3 is 2.69 bits per heavy atom. The van der Waals surface area contributed by atoms with Crippen LogP contribution in [0.3, 0.4) is 0 Å². The maximum absolute atomic E-state index is 4.14. The predicted octanol–water partition coefficient (Wildman–Crippen LogP) is 3.47. The monoisotopic (exact) mass is 239 g/mol. The van der Waals surface area contributed by atoms with Gasteiger partial charge in [-0.25, -0.2) is 0 Å². The summed E-state index contributed by atoms with van der Waals surface area (Å²) in [6.07, 6.45) is 3.84. The van der Waals surface area contributed by atoms with Gasteiger partial charge in [-0.05, 0) is 37.5 Å². The normalized spacial score (nSPS) is 29.0. The van der Waals surface area contributed by atoms with E-state index < -0.39 is 0 Å². The lowest BCUT2D eigenvalue weighted by molar-refractivity contribution is 0.177. The molecule has 0 bridgehead atoms. The molecule has 1 aromatic heterocycles. The third kappa shape index (κ3) is 2.73. The Bertz CT molecular complexity index is 359. The quantitative estimate of drug-likeness (QED) is 0.858. The zero-order valence-corrected chi connectivity index (χ0v) is 11.4. The van der Waals surface area contributed by atoms with Gasteiger partial charge in [0, 0.05) is 6.04 Å². The first-order valence-electron chi connectivity index (χ1n) is 6.03. The van der Waals surface area contributed by atoms with Crippen molar-refractivity contribution in [2.45, 2.75) is 53.0 Å². The van der Waals surface area contributed by atoms with Gasteiger partial charge in [-0.2, -0.15) is 0 Å². The number of hydrogen-bond donors (Lipinski definition) is 1. The van der Waals surface area contributed by atoms with Crippen molar-refractivity contribution >= 4 is 16.5 Å². The molecule has 1 aromatic rings. The van der Waals surface area contributed by atoms with Gasteiger partial charge in [0.25, 0.3) is 0 Å². The molecular formula is C12H21N3S. The summed E-state index contributed by atoms with van der Waals surface area (Å²) in [6.45, 7) is 9.08. The van der Waals surface area contributed by atoms with E-state index in [0.717, 1.165) is 10.1 Å². The minimum absolute atomic E-state index is 0.509. The van der Waals surface area contributed by atoms with Crippen LogP contribution in [0.25, 0.3) is 0 Å². The fourth-order valence-electron chi connectivity index (χ4n) is 2.67. The number of nitrogens with zero attached hydrogens (tertiary/aromatic N) is 2. The van der Waals surface area contributed by atoms with E-state index in [9.17, 15) is 0 Å². The fraction of sp³-hybridized carbons (Fsp3) is 0.833. The van der Waals surface area contributed by atoms with Gasteiger partial charge in [-0.3, -0.25) is 0 Å². The summed E-state index contributed by atoms with van der Waals surface area (Å²) in [5.74, 6) is 0.716. The molecule has 1 N–H and O–H groups in total. The molecule has 2 atom stereocenters. The van der Waals surface area contributed by atoms with Crippen LogP contribution in [0.4, 0.5) is 5.13 Å². The van der Waals surface area contributed by atoms with Gasteiger partial charge in [-0.1, -0.05) is 32.1 Å². The molecule has 3 nitrogen and oxygen atoms in total. The Kier molecular flexibility index (Phi) is 3.19. The van der Waals surface area contributed by atoms with Crippen molar-refractivity contribution < 1.29 is 0 Å². The summed E-state index contributed by atoms with van der Waals surface area (Å²) in [6, 6.07) is 0.570. The lowest BCUT2D eigenvalue weighted by atomic mass is 9.70. The third-order valence-electron chi connectivity index (χ3n) is 3.53. The number of aryl methyl sites for hydroxylation is 1. The average molecular weight is 239 g/mol. The van der Waals surface area contributed by atoms with Crippen LogP contribution in [0.15, 0.2) is 0 Å². The molecule has 1 saturated carbocycles. The first-order valence-corrected chi connectivity index (χ1v) is 6.84. The summed E-state index contributed by atoms with van der Waals surface area (Å²) in [7, 11) is 0. The van der Waals surface area contributed by atoms with Gasteiger partial charge in [0.1, 0.15) is 5.01 Å². The van der Waals surface area contributed by atoms with Crippen molar-refractivity contribution in [3.8, 4) is 0 Å². The Hall–Kier alpha value is -0.640. The zero-order chi connectivity index (χ0) is 11.8. The van der Waals surface area contributed by atoms with Crippen molar-refractivity contribution in [2.75, 3.05) is 5.32 Å². The van der Waals surface area contributed by atoms with E-state index in [1.165, 1.54) is 19.3 Å². The highest BCUT2D eigenvalue weighted by atomic mass is 32.1. The van der Waals surface area contributed by atoms with E-state index in [0.29, 0.717) is 17.4 Å². The fourth-order valence-corrected chi connectivity index (χ4v) is 3.33. The summed E-state index contributed by atoms with van der Waals surface area (Å²) in [5.41, 5.74) is 0.509. The van der Waals surface area contributed by atoms with Crippen LogP contribution in [0.1, 0.15) is 45.0 Å². The molecular weight excluding hydrogens is 218 g/mol. The zero-order valence-electron chi connectivity index (χ0n) is 10.6. The van der Waals surface area contributed by atoms with E-state index >= 15 is 0 Å². The van der Waals surface area contributed by atoms with Crippen LogP contribution in [0.2, 0.25) is 0 Å². The van der Waals surface area contributed by atoms with Crippen LogP contribution in [-0.2, 0) is 0 Å². The summed E-state index contributed by atoms with van der Waals surface area (Å²) >= 11 is 1.65. The summed E-state index contributed by atoms with van der Waals surface area (Å²) in [5, 5.41) is 13.7. The molecule has 0 amide bonds. The molecule has 4 heteroatoms. The molecule has 1 aliphatic rings. The Labute approximate surface area is 102 Å². The number of hydrogen-bond acceptors (Lipinski definition) is 4. The molecule has 16 heavy (non-hydrogen) atoms. The molecule has 1 heterocycles. The maximum Gasteiger partial charge on any atom is 0.205 e. The lowest BCUT2D eigenvalue weighted by Crippen LogP contribution is -2.36. The second-order valence-corrected chi connectivity index (χ2v) is 6.94. The molecule has 2 rings (SSSR count). The van der Waals surface area contributed by atoms with Crippen LogP contribution in [0, 0.1) is 18.3 Å². The van der Waals surface area contributed by atoms with E-state index in [1.807, 2.05) is 6.92 Å². The highest BCUT2D eigenvalue weighted by molar-refractivity contribution is 7.15. The first kappa shape index (κ1) is 11.8. The molecule has 0 aromatic carbocycles. The maximum atomic E-state index is 4.14. The highest BCUT2D eigenvalue weighted by Crippen LogP contribution is 2.39. The van der Waals surface area contributed by atoms with Crippen LogP contribution in [-0.4, -0.2) is 16.2 Å². The molecule has 0 aliphatic heterocycles. The highest BCUT2D eigenvalue weighted by Gasteiger charge is 2.32. The topological polar surface area (TPSA) is 37.8 Å². The second-order valence-electron chi connectivity index (χ2n) is 5.76. The van der Waals surface area contributed by atoms with Gasteiger partial charge < -0.3 is 5.32 Å². The minimum Gasteiger partial charge on any atom is -0.357 e. The Balaban J connectivity index is 1.96. The Morgan fingerprint density at radius 1 is 1.38 bits per heavy atom. The molecule has 0 saturated heterocycles. The molecule has 1 fully saturated rings. The van der Waals surface area contributed by atoms with Gasteiger partial charge in [0.15, 0.2) is 0 Å². The van der Waals surface area contributed by atoms with Crippen molar-refractivity contribution in [1.82, 2.24) is 10.2 Å². The molecule has 0 spiro atoms. The van der Waals surface area contributed by atoms with Crippen molar-refractivity contribution in [1.29, 1.82) is 0 Å². The summed E-state index contributed by atoms with van der Waals surface area (Å²) in [4.78, 5) is 0. The van der Waals surface area contributed by atoms with Crippen molar-refractivity contribution in [2.24, 2.45) is 11.3 Å². The largest absolute Gasteiger partial charge is 0.357 e. The average Bonchev–Trinajstić information content (AvgIpc) is 2.56. The first-order chi connectivity index (χ1) is 7.46. The second kappa shape index (κ2) is 4.32. The van der Waals surface area contributed by atoms with Crippen LogP contribution >= 0.6 is 11.3 Å². The third-order valence-corrected chi connectivity index (χ3v) is 4.30. The predicted molar refractivity (Wildman–Crippen MR) is 68.9 cm³/mol. The van der Waals surface area contributed by atoms with E-state index in [1.54, 1.807) is 11.3 Å². The lowest BCUT2D eigenvalue weighted by Gasteiger charge is -2.39.